The third kappa shape index (κ3) is 5.17. The summed E-state index contributed by atoms with van der Waals surface area (Å²) in [7, 11) is -3.58. The number of nitriles is 1. The van der Waals surface area contributed by atoms with E-state index in [1.807, 2.05) is 19.1 Å². The predicted octanol–water partition coefficient (Wildman–Crippen LogP) is 3.34. The van der Waals surface area contributed by atoms with Crippen LogP contribution in [-0.2, 0) is 20.2 Å². The number of sulfonamides is 1. The highest BCUT2D eigenvalue weighted by Gasteiger charge is 2.44. The van der Waals surface area contributed by atoms with Crippen molar-refractivity contribution in [2.24, 2.45) is 0 Å². The lowest BCUT2D eigenvalue weighted by Crippen LogP contribution is -2.31. The van der Waals surface area contributed by atoms with E-state index in [-0.39, 0.29) is 28.9 Å². The lowest BCUT2D eigenvalue weighted by atomic mass is 9.98. The summed E-state index contributed by atoms with van der Waals surface area (Å²) in [6, 6.07) is 15.4. The van der Waals surface area contributed by atoms with Gasteiger partial charge in [-0.3, -0.25) is 4.79 Å². The molecule has 30 heavy (non-hydrogen) atoms. The van der Waals surface area contributed by atoms with Gasteiger partial charge in [-0.05, 0) is 68.1 Å². The average Bonchev–Trinajstić information content (AvgIpc) is 3.54. The van der Waals surface area contributed by atoms with Crippen LogP contribution >= 0.6 is 0 Å². The number of carbonyl (C=O) groups excluding carboxylic acids is 1. The van der Waals surface area contributed by atoms with Gasteiger partial charge in [0.2, 0.25) is 10.0 Å². The van der Waals surface area contributed by atoms with Crippen molar-refractivity contribution in [3.63, 3.8) is 0 Å². The van der Waals surface area contributed by atoms with Crippen LogP contribution in [0.2, 0.25) is 0 Å². The topological polar surface area (TPSA) is 108 Å². The SMILES string of the molecule is CC[C@@H](C)NS(=O)(=O)c1ccc(OCC(=O)Nc2ccc(C3(C#N)CC3)cc2)cc1. The molecule has 1 aliphatic carbocycles. The number of anilines is 1. The number of hydrogen-bond donors (Lipinski definition) is 2. The Morgan fingerprint density at radius 2 is 1.80 bits per heavy atom. The molecule has 1 atom stereocenters. The molecule has 0 aromatic heterocycles. The van der Waals surface area contributed by atoms with Crippen LogP contribution < -0.4 is 14.8 Å². The number of carbonyl (C=O) groups is 1. The molecule has 1 saturated carbocycles. The molecular weight excluding hydrogens is 402 g/mol. The lowest BCUT2D eigenvalue weighted by Gasteiger charge is -2.13. The molecule has 2 N–H and O–H groups in total. The van der Waals surface area contributed by atoms with Gasteiger partial charge in [-0.25, -0.2) is 13.1 Å². The molecule has 0 radical (unpaired) electrons. The second-order valence-corrected chi connectivity index (χ2v) is 9.22. The highest BCUT2D eigenvalue weighted by atomic mass is 32.2. The molecule has 3 rings (SSSR count). The van der Waals surface area contributed by atoms with E-state index in [9.17, 15) is 18.5 Å². The third-order valence-electron chi connectivity index (χ3n) is 5.16. The van der Waals surface area contributed by atoms with E-state index in [1.165, 1.54) is 24.3 Å². The van der Waals surface area contributed by atoms with Gasteiger partial charge in [-0.15, -0.1) is 0 Å². The number of nitrogens with zero attached hydrogens (tertiary/aromatic N) is 1. The molecule has 2 aromatic rings. The highest BCUT2D eigenvalue weighted by Crippen LogP contribution is 2.47. The van der Waals surface area contributed by atoms with E-state index in [1.54, 1.807) is 19.1 Å². The van der Waals surface area contributed by atoms with Gasteiger partial charge in [-0.2, -0.15) is 5.26 Å². The summed E-state index contributed by atoms with van der Waals surface area (Å²) in [5.74, 6) is 0.0620. The van der Waals surface area contributed by atoms with Crippen LogP contribution in [0.4, 0.5) is 5.69 Å². The smallest absolute Gasteiger partial charge is 0.262 e. The van der Waals surface area contributed by atoms with Gasteiger partial charge in [0, 0.05) is 11.7 Å². The van der Waals surface area contributed by atoms with E-state index in [0.29, 0.717) is 17.9 Å². The molecule has 1 fully saturated rings. The van der Waals surface area contributed by atoms with Crippen molar-refractivity contribution in [2.45, 2.75) is 49.5 Å². The molecule has 158 valence electrons. The monoisotopic (exact) mass is 427 g/mol. The van der Waals surface area contributed by atoms with E-state index >= 15 is 0 Å². The van der Waals surface area contributed by atoms with Crippen molar-refractivity contribution in [2.75, 3.05) is 11.9 Å². The minimum absolute atomic E-state index is 0.144. The number of nitrogens with one attached hydrogen (secondary N) is 2. The summed E-state index contributed by atoms with van der Waals surface area (Å²) in [6.07, 6.45) is 2.44. The molecule has 0 saturated heterocycles. The zero-order valence-electron chi connectivity index (χ0n) is 17.0. The minimum atomic E-state index is -3.58. The van der Waals surface area contributed by atoms with Crippen molar-refractivity contribution in [3.05, 3.63) is 54.1 Å². The number of amides is 1. The Labute approximate surface area is 177 Å². The fourth-order valence-electron chi connectivity index (χ4n) is 2.94. The number of rotatable bonds is 9. The molecule has 1 amide bonds. The van der Waals surface area contributed by atoms with Gasteiger partial charge in [-0.1, -0.05) is 19.1 Å². The van der Waals surface area contributed by atoms with Crippen LogP contribution in [0.3, 0.4) is 0 Å². The first-order valence-corrected chi connectivity index (χ1v) is 11.3. The minimum Gasteiger partial charge on any atom is -0.484 e. The van der Waals surface area contributed by atoms with E-state index < -0.39 is 10.0 Å². The van der Waals surface area contributed by atoms with Crippen molar-refractivity contribution >= 4 is 21.6 Å². The van der Waals surface area contributed by atoms with Gasteiger partial charge in [0.1, 0.15) is 5.75 Å². The molecule has 7 nitrogen and oxygen atoms in total. The molecule has 0 heterocycles. The Hall–Kier alpha value is -2.89. The summed E-state index contributed by atoms with van der Waals surface area (Å²) < 4.78 is 32.5. The second-order valence-electron chi connectivity index (χ2n) is 7.51. The molecule has 1 aliphatic rings. The first-order chi connectivity index (χ1) is 14.3. The summed E-state index contributed by atoms with van der Waals surface area (Å²) in [5, 5.41) is 12.0. The lowest BCUT2D eigenvalue weighted by molar-refractivity contribution is -0.118. The summed E-state index contributed by atoms with van der Waals surface area (Å²) >= 11 is 0. The van der Waals surface area contributed by atoms with Crippen LogP contribution in [0.5, 0.6) is 5.75 Å². The largest absolute Gasteiger partial charge is 0.484 e. The van der Waals surface area contributed by atoms with E-state index in [0.717, 1.165) is 18.4 Å². The third-order valence-corrected chi connectivity index (χ3v) is 6.76. The second kappa shape index (κ2) is 8.86. The predicted molar refractivity (Wildman–Crippen MR) is 114 cm³/mol. The van der Waals surface area contributed by atoms with Crippen molar-refractivity contribution < 1.29 is 17.9 Å². The maximum absolute atomic E-state index is 12.3. The Bertz CT molecular complexity index is 1040. The number of benzene rings is 2. The van der Waals surface area contributed by atoms with Crippen molar-refractivity contribution in [1.29, 1.82) is 5.26 Å². The summed E-state index contributed by atoms with van der Waals surface area (Å²) in [4.78, 5) is 12.3. The first kappa shape index (κ1) is 21.8. The number of hydrogen-bond acceptors (Lipinski definition) is 5. The zero-order chi connectivity index (χ0) is 21.8. The summed E-state index contributed by atoms with van der Waals surface area (Å²) in [6.45, 7) is 3.50. The Morgan fingerprint density at radius 3 is 2.33 bits per heavy atom. The van der Waals surface area contributed by atoms with Gasteiger partial charge in [0.05, 0.1) is 16.4 Å². The Balaban J connectivity index is 1.52. The van der Waals surface area contributed by atoms with Gasteiger partial charge < -0.3 is 10.1 Å². The molecule has 0 spiro atoms. The fourth-order valence-corrected chi connectivity index (χ4v) is 4.27. The molecule has 2 aromatic carbocycles. The van der Waals surface area contributed by atoms with Gasteiger partial charge in [0.25, 0.3) is 5.91 Å². The van der Waals surface area contributed by atoms with Crippen LogP contribution in [0, 0.1) is 11.3 Å². The van der Waals surface area contributed by atoms with E-state index in [4.69, 9.17) is 4.74 Å². The van der Waals surface area contributed by atoms with Crippen LogP contribution in [0.15, 0.2) is 53.4 Å². The number of ether oxygens (including phenoxy) is 1. The van der Waals surface area contributed by atoms with E-state index in [2.05, 4.69) is 16.1 Å². The van der Waals surface area contributed by atoms with Gasteiger partial charge >= 0.3 is 0 Å². The van der Waals surface area contributed by atoms with Crippen LogP contribution in [0.1, 0.15) is 38.7 Å². The quantitative estimate of drug-likeness (QED) is 0.638. The standard InChI is InChI=1S/C22H25N3O4S/c1-3-16(2)25-30(27,28)20-10-8-19(9-11-20)29-14-21(26)24-18-6-4-17(5-7-18)22(15-23)12-13-22/h4-11,16,25H,3,12-14H2,1-2H3,(H,24,26)/t16-/m1/s1. The zero-order valence-corrected chi connectivity index (χ0v) is 17.8. The first-order valence-electron chi connectivity index (χ1n) is 9.85. The molecule has 8 heteroatoms. The Morgan fingerprint density at radius 1 is 1.17 bits per heavy atom. The molecule has 0 bridgehead atoms. The average molecular weight is 428 g/mol. The summed E-state index contributed by atoms with van der Waals surface area (Å²) in [5.41, 5.74) is 1.24. The maximum Gasteiger partial charge on any atom is 0.262 e. The molecule has 0 unspecified atom stereocenters. The van der Waals surface area contributed by atoms with Crippen molar-refractivity contribution in [3.8, 4) is 11.8 Å². The molecule has 0 aliphatic heterocycles. The van der Waals surface area contributed by atoms with Crippen molar-refractivity contribution in [1.82, 2.24) is 4.72 Å². The normalized spacial score (nSPS) is 15.6. The molecular formula is C22H25N3O4S. The van der Waals surface area contributed by atoms with Gasteiger partial charge in [0.15, 0.2) is 6.61 Å². The van der Waals surface area contributed by atoms with Crippen LogP contribution in [-0.4, -0.2) is 27.0 Å². The van der Waals surface area contributed by atoms with Crippen LogP contribution in [0.25, 0.3) is 0 Å². The Kier molecular flexibility index (Phi) is 6.44. The highest BCUT2D eigenvalue weighted by molar-refractivity contribution is 7.89. The fraction of sp³-hybridized carbons (Fsp3) is 0.364. The maximum atomic E-state index is 12.3.